The Morgan fingerprint density at radius 2 is 2.05 bits per heavy atom. The maximum Gasteiger partial charge on any atom is 0.191 e. The summed E-state index contributed by atoms with van der Waals surface area (Å²) in [7, 11) is 1.79. The normalized spacial score (nSPS) is 11.5. The van der Waals surface area contributed by atoms with E-state index in [0.29, 0.717) is 0 Å². The van der Waals surface area contributed by atoms with Gasteiger partial charge in [-0.2, -0.15) is 0 Å². The second kappa shape index (κ2) is 7.63. The number of nitrogens with zero attached hydrogens (tertiary/aromatic N) is 1. The summed E-state index contributed by atoms with van der Waals surface area (Å²) in [5, 5.41) is 8.68. The molecule has 0 bridgehead atoms. The van der Waals surface area contributed by atoms with Crippen LogP contribution in [0.2, 0.25) is 0 Å². The van der Waals surface area contributed by atoms with Crippen LogP contribution < -0.4 is 10.6 Å². The number of aliphatic imine (C=N–C) groups is 1. The lowest BCUT2D eigenvalue weighted by Crippen LogP contribution is -2.39. The third-order valence-electron chi connectivity index (χ3n) is 2.71. The lowest BCUT2D eigenvalue weighted by Gasteiger charge is -2.10. The van der Waals surface area contributed by atoms with Crippen molar-refractivity contribution in [1.29, 1.82) is 0 Å². The molecule has 2 aromatic heterocycles. The summed E-state index contributed by atoms with van der Waals surface area (Å²) in [5.41, 5.74) is 0. The van der Waals surface area contributed by atoms with Crippen LogP contribution in [-0.4, -0.2) is 26.1 Å². The van der Waals surface area contributed by atoms with Gasteiger partial charge in [-0.1, -0.05) is 6.07 Å². The summed E-state index contributed by atoms with van der Waals surface area (Å²) in [5.74, 6) is 1.82. The number of rotatable bonds is 6. The van der Waals surface area contributed by atoms with Crippen molar-refractivity contribution < 1.29 is 4.42 Å². The molecule has 0 atom stereocenters. The molecule has 0 saturated carbocycles. The molecule has 0 aliphatic rings. The summed E-state index contributed by atoms with van der Waals surface area (Å²) in [4.78, 5) is 5.58. The Hall–Kier alpha value is -1.75. The number of nitrogens with one attached hydrogen (secondary N) is 2. The fraction of sp³-hybridized carbons (Fsp3) is 0.357. The van der Waals surface area contributed by atoms with Gasteiger partial charge >= 0.3 is 0 Å². The highest BCUT2D eigenvalue weighted by atomic mass is 32.1. The van der Waals surface area contributed by atoms with Crippen LogP contribution in [0.5, 0.6) is 0 Å². The van der Waals surface area contributed by atoms with Crippen molar-refractivity contribution in [3.05, 3.63) is 46.5 Å². The molecule has 0 aromatic carbocycles. The van der Waals surface area contributed by atoms with Crippen LogP contribution >= 0.6 is 11.3 Å². The molecule has 5 heteroatoms. The summed E-state index contributed by atoms with van der Waals surface area (Å²) >= 11 is 1.79. The predicted octanol–water partition coefficient (Wildman–Crippen LogP) is 2.29. The summed E-state index contributed by atoms with van der Waals surface area (Å²) in [6, 6.07) is 8.12. The van der Waals surface area contributed by atoms with Gasteiger partial charge in [-0.3, -0.25) is 4.99 Å². The van der Waals surface area contributed by atoms with E-state index in [0.717, 1.165) is 37.7 Å². The number of thiophene rings is 1. The van der Waals surface area contributed by atoms with E-state index in [1.54, 1.807) is 24.6 Å². The smallest absolute Gasteiger partial charge is 0.191 e. The van der Waals surface area contributed by atoms with Crippen molar-refractivity contribution in [2.24, 2.45) is 4.99 Å². The maximum absolute atomic E-state index is 5.28. The summed E-state index contributed by atoms with van der Waals surface area (Å²) < 4.78 is 5.28. The molecule has 0 radical (unpaired) electrons. The van der Waals surface area contributed by atoms with Crippen molar-refractivity contribution in [1.82, 2.24) is 10.6 Å². The Morgan fingerprint density at radius 1 is 1.21 bits per heavy atom. The van der Waals surface area contributed by atoms with Crippen LogP contribution in [0.4, 0.5) is 0 Å². The molecule has 2 heterocycles. The first-order valence-corrected chi connectivity index (χ1v) is 7.26. The molecule has 102 valence electrons. The lowest BCUT2D eigenvalue weighted by molar-refractivity contribution is 0.507. The van der Waals surface area contributed by atoms with Crippen molar-refractivity contribution >= 4 is 17.3 Å². The number of hydrogen-bond donors (Lipinski definition) is 2. The zero-order valence-electron chi connectivity index (χ0n) is 11.1. The molecule has 2 N–H and O–H groups in total. The van der Waals surface area contributed by atoms with Crippen molar-refractivity contribution in [2.45, 2.75) is 12.8 Å². The van der Waals surface area contributed by atoms with Gasteiger partial charge in [-0.25, -0.2) is 0 Å². The van der Waals surface area contributed by atoms with E-state index in [2.05, 4.69) is 33.1 Å². The Morgan fingerprint density at radius 3 is 2.68 bits per heavy atom. The molecule has 0 spiro atoms. The molecular formula is C14H19N3OS. The minimum atomic E-state index is 0.812. The third-order valence-corrected chi connectivity index (χ3v) is 3.65. The van der Waals surface area contributed by atoms with Crippen molar-refractivity contribution in [2.75, 3.05) is 20.1 Å². The average Bonchev–Trinajstić information content (AvgIpc) is 3.10. The molecule has 0 amide bonds. The second-order valence-corrected chi connectivity index (χ2v) is 5.12. The van der Waals surface area contributed by atoms with Crippen LogP contribution in [0, 0.1) is 0 Å². The molecule has 0 aliphatic heterocycles. The predicted molar refractivity (Wildman–Crippen MR) is 79.8 cm³/mol. The molecular weight excluding hydrogens is 258 g/mol. The second-order valence-electron chi connectivity index (χ2n) is 4.08. The van der Waals surface area contributed by atoms with Gasteiger partial charge in [0.15, 0.2) is 5.96 Å². The average molecular weight is 277 g/mol. The zero-order valence-corrected chi connectivity index (χ0v) is 11.9. The molecule has 0 aliphatic carbocycles. The number of guanidine groups is 1. The minimum absolute atomic E-state index is 0.812. The van der Waals surface area contributed by atoms with E-state index in [4.69, 9.17) is 4.42 Å². The Kier molecular flexibility index (Phi) is 5.49. The molecule has 0 fully saturated rings. The van der Waals surface area contributed by atoms with Gasteiger partial charge in [0.25, 0.3) is 0 Å². The Balaban J connectivity index is 1.63. The highest BCUT2D eigenvalue weighted by molar-refractivity contribution is 7.09. The van der Waals surface area contributed by atoms with Gasteiger partial charge in [-0.05, 0) is 30.0 Å². The van der Waals surface area contributed by atoms with Gasteiger partial charge in [0, 0.05) is 31.4 Å². The number of hydrogen-bond acceptors (Lipinski definition) is 3. The third kappa shape index (κ3) is 4.79. The molecule has 19 heavy (non-hydrogen) atoms. The van der Waals surface area contributed by atoms with Gasteiger partial charge in [0.1, 0.15) is 5.76 Å². The highest BCUT2D eigenvalue weighted by Gasteiger charge is 1.99. The van der Waals surface area contributed by atoms with E-state index < -0.39 is 0 Å². The first kappa shape index (κ1) is 13.7. The first-order chi connectivity index (χ1) is 9.38. The largest absolute Gasteiger partial charge is 0.469 e. The minimum Gasteiger partial charge on any atom is -0.469 e. The van der Waals surface area contributed by atoms with E-state index in [9.17, 15) is 0 Å². The maximum atomic E-state index is 5.28. The molecule has 2 rings (SSSR count). The molecule has 4 nitrogen and oxygen atoms in total. The quantitative estimate of drug-likeness (QED) is 0.629. The van der Waals surface area contributed by atoms with Gasteiger partial charge in [0.05, 0.1) is 6.26 Å². The fourth-order valence-electron chi connectivity index (χ4n) is 1.74. The van der Waals surface area contributed by atoms with E-state index >= 15 is 0 Å². The van der Waals surface area contributed by atoms with Gasteiger partial charge in [0.2, 0.25) is 0 Å². The van der Waals surface area contributed by atoms with E-state index in [1.807, 2.05) is 12.1 Å². The fourth-order valence-corrected chi connectivity index (χ4v) is 2.45. The van der Waals surface area contributed by atoms with Crippen LogP contribution in [0.25, 0.3) is 0 Å². The van der Waals surface area contributed by atoms with Crippen LogP contribution in [-0.2, 0) is 12.8 Å². The monoisotopic (exact) mass is 277 g/mol. The van der Waals surface area contributed by atoms with Crippen LogP contribution in [0.3, 0.4) is 0 Å². The summed E-state index contributed by atoms with van der Waals surface area (Å²) in [6.45, 7) is 1.70. The topological polar surface area (TPSA) is 49.6 Å². The molecule has 2 aromatic rings. The zero-order chi connectivity index (χ0) is 13.3. The van der Waals surface area contributed by atoms with Crippen LogP contribution in [0.15, 0.2) is 45.3 Å². The summed E-state index contributed by atoms with van der Waals surface area (Å²) in [6.07, 6.45) is 3.58. The standard InChI is InChI=1S/C14H19N3OS/c1-15-14(16-8-6-12-4-2-10-18-12)17-9-7-13-5-3-11-19-13/h2-5,10-11H,6-9H2,1H3,(H2,15,16,17). The molecule has 0 unspecified atom stereocenters. The number of furan rings is 1. The molecule has 0 saturated heterocycles. The van der Waals surface area contributed by atoms with Crippen molar-refractivity contribution in [3.8, 4) is 0 Å². The van der Waals surface area contributed by atoms with Gasteiger partial charge in [-0.15, -0.1) is 11.3 Å². The van der Waals surface area contributed by atoms with Crippen molar-refractivity contribution in [3.63, 3.8) is 0 Å². The Bertz CT molecular complexity index is 435. The Labute approximate surface area is 117 Å². The van der Waals surface area contributed by atoms with Crippen LogP contribution in [0.1, 0.15) is 10.6 Å². The van der Waals surface area contributed by atoms with E-state index in [-0.39, 0.29) is 0 Å². The SMILES string of the molecule is CN=C(NCCc1ccco1)NCCc1cccs1. The lowest BCUT2D eigenvalue weighted by atomic mass is 10.3. The highest BCUT2D eigenvalue weighted by Crippen LogP contribution is 2.07. The first-order valence-electron chi connectivity index (χ1n) is 6.38. The van der Waals surface area contributed by atoms with E-state index in [1.165, 1.54) is 4.88 Å². The van der Waals surface area contributed by atoms with Gasteiger partial charge < -0.3 is 15.1 Å².